The van der Waals surface area contributed by atoms with Gasteiger partial charge in [-0.25, -0.2) is 0 Å². The maximum Gasteiger partial charge on any atom is 0.256 e. The van der Waals surface area contributed by atoms with E-state index in [1.54, 1.807) is 37.3 Å². The first-order valence-corrected chi connectivity index (χ1v) is 12.7. The fourth-order valence-electron chi connectivity index (χ4n) is 4.09. The number of nitrogens with zero attached hydrogens (tertiary/aromatic N) is 2. The Morgan fingerprint density at radius 3 is 2.08 bits per heavy atom. The van der Waals surface area contributed by atoms with Crippen LogP contribution in [-0.2, 0) is 4.79 Å². The molecule has 37 heavy (non-hydrogen) atoms. The number of likely N-dealkylation sites (N-methyl/N-ethyl adjacent to an activating group) is 1. The van der Waals surface area contributed by atoms with Gasteiger partial charge >= 0.3 is 0 Å². The van der Waals surface area contributed by atoms with Gasteiger partial charge in [-0.3, -0.25) is 9.59 Å². The highest BCUT2D eigenvalue weighted by molar-refractivity contribution is 7.99. The minimum absolute atomic E-state index is 0.210. The Kier molecular flexibility index (Phi) is 9.76. The van der Waals surface area contributed by atoms with E-state index in [1.807, 2.05) is 31.1 Å². The number of carbonyl (C=O) groups excluding carboxylic acids is 2. The van der Waals surface area contributed by atoms with E-state index in [2.05, 4.69) is 5.32 Å². The quantitative estimate of drug-likeness (QED) is 0.467. The van der Waals surface area contributed by atoms with Crippen molar-refractivity contribution >= 4 is 23.6 Å². The molecule has 10 nitrogen and oxygen atoms in total. The molecule has 1 fully saturated rings. The van der Waals surface area contributed by atoms with Crippen molar-refractivity contribution < 1.29 is 33.3 Å². The van der Waals surface area contributed by atoms with Crippen LogP contribution in [0.3, 0.4) is 0 Å². The molecule has 0 saturated carbocycles. The van der Waals surface area contributed by atoms with E-state index < -0.39 is 11.4 Å². The molecule has 0 spiro atoms. The lowest BCUT2D eigenvalue weighted by atomic mass is 10.1. The largest absolute Gasteiger partial charge is 0.493 e. The molecule has 0 bridgehead atoms. The van der Waals surface area contributed by atoms with Gasteiger partial charge in [0, 0.05) is 24.4 Å². The Bertz CT molecular complexity index is 1090. The van der Waals surface area contributed by atoms with Crippen LogP contribution in [0.15, 0.2) is 30.3 Å². The average molecular weight is 534 g/mol. The van der Waals surface area contributed by atoms with Gasteiger partial charge < -0.3 is 38.8 Å². The summed E-state index contributed by atoms with van der Waals surface area (Å²) in [7, 11) is 11.5. The fourth-order valence-corrected chi connectivity index (χ4v) is 5.51. The second kappa shape index (κ2) is 12.8. The Balaban J connectivity index is 2.04. The molecule has 2 amide bonds. The van der Waals surface area contributed by atoms with Crippen LogP contribution in [0.4, 0.5) is 0 Å². The van der Waals surface area contributed by atoms with Crippen molar-refractivity contribution in [1.82, 2.24) is 15.1 Å². The van der Waals surface area contributed by atoms with Crippen molar-refractivity contribution in [1.29, 1.82) is 0 Å². The number of thioether (sulfide) groups is 1. The topological polar surface area (TPSA) is 98.8 Å². The van der Waals surface area contributed by atoms with E-state index in [0.29, 0.717) is 53.2 Å². The van der Waals surface area contributed by atoms with Crippen molar-refractivity contribution in [3.8, 4) is 28.7 Å². The van der Waals surface area contributed by atoms with Crippen LogP contribution in [0.1, 0.15) is 21.3 Å². The summed E-state index contributed by atoms with van der Waals surface area (Å²) in [5.74, 6) is 2.10. The molecule has 1 saturated heterocycles. The summed E-state index contributed by atoms with van der Waals surface area (Å²) in [6.07, 6.45) is 0. The summed E-state index contributed by atoms with van der Waals surface area (Å²) in [4.78, 5) is 30.9. The molecule has 2 atom stereocenters. The van der Waals surface area contributed by atoms with Crippen LogP contribution in [0.25, 0.3) is 0 Å². The number of amides is 2. The fraction of sp³-hybridized carbons (Fsp3) is 0.462. The van der Waals surface area contributed by atoms with Crippen LogP contribution in [0.2, 0.25) is 0 Å². The highest BCUT2D eigenvalue weighted by Crippen LogP contribution is 2.45. The molecule has 3 rings (SSSR count). The molecular weight excluding hydrogens is 498 g/mol. The molecule has 2 aromatic rings. The van der Waals surface area contributed by atoms with Gasteiger partial charge in [-0.1, -0.05) is 6.07 Å². The zero-order valence-corrected chi connectivity index (χ0v) is 23.1. The van der Waals surface area contributed by atoms with Crippen molar-refractivity contribution in [2.24, 2.45) is 0 Å². The normalized spacial score (nSPS) is 16.9. The van der Waals surface area contributed by atoms with Gasteiger partial charge in [-0.2, -0.15) is 0 Å². The van der Waals surface area contributed by atoms with E-state index in [4.69, 9.17) is 23.7 Å². The van der Waals surface area contributed by atoms with Crippen LogP contribution in [-0.4, -0.2) is 96.1 Å². The molecule has 1 N–H and O–H groups in total. The van der Waals surface area contributed by atoms with E-state index >= 15 is 0 Å². The average Bonchev–Trinajstić information content (AvgIpc) is 3.36. The second-order valence-corrected chi connectivity index (χ2v) is 9.65. The van der Waals surface area contributed by atoms with Crippen molar-refractivity contribution in [2.75, 3.05) is 68.5 Å². The third-order valence-electron chi connectivity index (χ3n) is 6.00. The van der Waals surface area contributed by atoms with Gasteiger partial charge in [0.1, 0.15) is 11.4 Å². The Labute approximate surface area is 222 Å². The van der Waals surface area contributed by atoms with Crippen LogP contribution in [0.5, 0.6) is 28.7 Å². The lowest BCUT2D eigenvalue weighted by Crippen LogP contribution is -2.49. The van der Waals surface area contributed by atoms with E-state index in [0.717, 1.165) is 5.56 Å². The summed E-state index contributed by atoms with van der Waals surface area (Å²) in [6.45, 7) is 1.16. The van der Waals surface area contributed by atoms with E-state index in [1.165, 1.54) is 33.1 Å². The summed E-state index contributed by atoms with van der Waals surface area (Å²) in [5, 5.41) is 2.53. The SMILES string of the molecule is COc1ccc(C2SCC(C(=O)NCCN(C)C)N2C(=O)c2cc(OC)c(OC)c(OC)c2)cc1OC. The maximum absolute atomic E-state index is 14.1. The highest BCUT2D eigenvalue weighted by atomic mass is 32.2. The molecule has 202 valence electrons. The van der Waals surface area contributed by atoms with E-state index in [-0.39, 0.29) is 11.8 Å². The zero-order valence-electron chi connectivity index (χ0n) is 22.3. The summed E-state index contributed by atoms with van der Waals surface area (Å²) in [5.41, 5.74) is 1.13. The van der Waals surface area contributed by atoms with Gasteiger partial charge in [0.25, 0.3) is 5.91 Å². The van der Waals surface area contributed by atoms with Gasteiger partial charge in [-0.05, 0) is 43.9 Å². The number of benzene rings is 2. The third-order valence-corrected chi connectivity index (χ3v) is 7.32. The first-order chi connectivity index (χ1) is 17.8. The minimum Gasteiger partial charge on any atom is -0.493 e. The number of carbonyl (C=O) groups is 2. The molecule has 0 aromatic heterocycles. The van der Waals surface area contributed by atoms with E-state index in [9.17, 15) is 9.59 Å². The van der Waals surface area contributed by atoms with Crippen molar-refractivity contribution in [2.45, 2.75) is 11.4 Å². The van der Waals surface area contributed by atoms with Crippen LogP contribution < -0.4 is 29.0 Å². The van der Waals surface area contributed by atoms with Gasteiger partial charge in [0.2, 0.25) is 11.7 Å². The number of methoxy groups -OCH3 is 5. The van der Waals surface area contributed by atoms with Crippen molar-refractivity contribution in [3.63, 3.8) is 0 Å². The molecule has 0 radical (unpaired) electrons. The number of ether oxygens (including phenoxy) is 5. The summed E-state index contributed by atoms with van der Waals surface area (Å²) >= 11 is 1.51. The zero-order chi connectivity index (χ0) is 27.1. The van der Waals surface area contributed by atoms with Gasteiger partial charge in [0.15, 0.2) is 23.0 Å². The molecular formula is C26H35N3O7S. The van der Waals surface area contributed by atoms with Gasteiger partial charge in [0.05, 0.1) is 35.5 Å². The Hall–Kier alpha value is -3.31. The molecule has 2 unspecified atom stereocenters. The standard InChI is InChI=1S/C26H35N3O7S/c1-28(2)11-10-27-24(30)18-15-37-26(16-8-9-19(32-3)20(12-16)33-4)29(18)25(31)17-13-21(34-5)23(36-7)22(14-17)35-6/h8-9,12-14,18,26H,10-11,15H2,1-7H3,(H,27,30). The molecule has 11 heteroatoms. The van der Waals surface area contributed by atoms with Crippen LogP contribution >= 0.6 is 11.8 Å². The minimum atomic E-state index is -0.683. The molecule has 1 aliphatic heterocycles. The Morgan fingerprint density at radius 1 is 0.919 bits per heavy atom. The predicted molar refractivity (Wildman–Crippen MR) is 142 cm³/mol. The first kappa shape index (κ1) is 28.3. The lowest BCUT2D eigenvalue weighted by Gasteiger charge is -2.30. The first-order valence-electron chi connectivity index (χ1n) is 11.7. The van der Waals surface area contributed by atoms with Crippen molar-refractivity contribution in [3.05, 3.63) is 41.5 Å². The van der Waals surface area contributed by atoms with Gasteiger partial charge in [-0.15, -0.1) is 11.8 Å². The Morgan fingerprint density at radius 2 is 1.54 bits per heavy atom. The highest BCUT2D eigenvalue weighted by Gasteiger charge is 2.43. The molecule has 1 heterocycles. The third kappa shape index (κ3) is 6.16. The van der Waals surface area contributed by atoms with Crippen LogP contribution in [0, 0.1) is 0 Å². The number of hydrogen-bond acceptors (Lipinski definition) is 9. The number of nitrogens with one attached hydrogen (secondary N) is 1. The monoisotopic (exact) mass is 533 g/mol. The molecule has 2 aromatic carbocycles. The summed E-state index contributed by atoms with van der Waals surface area (Å²) in [6, 6.07) is 8.01. The maximum atomic E-state index is 14.1. The predicted octanol–water partition coefficient (Wildman–Crippen LogP) is 2.66. The summed E-state index contributed by atoms with van der Waals surface area (Å²) < 4.78 is 27.2. The number of hydrogen-bond donors (Lipinski definition) is 1. The lowest BCUT2D eigenvalue weighted by molar-refractivity contribution is -0.124. The smallest absolute Gasteiger partial charge is 0.256 e. The molecule has 1 aliphatic rings. The molecule has 0 aliphatic carbocycles. The second-order valence-electron chi connectivity index (χ2n) is 8.54. The number of rotatable bonds is 11.